The van der Waals surface area contributed by atoms with E-state index in [0.717, 1.165) is 24.0 Å². The number of methoxy groups -OCH3 is 1. The molecule has 0 saturated carbocycles. The number of hydrogen-bond donors (Lipinski definition) is 1. The zero-order chi connectivity index (χ0) is 20.9. The van der Waals surface area contributed by atoms with Crippen LogP contribution in [-0.4, -0.2) is 37.2 Å². The lowest BCUT2D eigenvalue weighted by Crippen LogP contribution is -2.51. The van der Waals surface area contributed by atoms with E-state index in [9.17, 15) is 9.90 Å². The Morgan fingerprint density at radius 1 is 1.31 bits per heavy atom. The highest BCUT2D eigenvalue weighted by Crippen LogP contribution is 2.61. The lowest BCUT2D eigenvalue weighted by atomic mass is 9.53. The van der Waals surface area contributed by atoms with Crippen molar-refractivity contribution in [2.75, 3.05) is 20.3 Å². The number of aliphatic hydroxyl groups is 1. The summed E-state index contributed by atoms with van der Waals surface area (Å²) in [6.07, 6.45) is 6.03. The fourth-order valence-corrected chi connectivity index (χ4v) is 5.80. The molecule has 1 aromatic heterocycles. The van der Waals surface area contributed by atoms with E-state index < -0.39 is 17.3 Å². The Morgan fingerprint density at radius 3 is 2.66 bits per heavy atom. The van der Waals surface area contributed by atoms with Crippen molar-refractivity contribution in [2.45, 2.75) is 64.8 Å². The third-order valence-corrected chi connectivity index (χ3v) is 7.70. The van der Waals surface area contributed by atoms with Gasteiger partial charge in [0.25, 0.3) is 0 Å². The van der Waals surface area contributed by atoms with Crippen molar-refractivity contribution >= 4 is 5.97 Å². The van der Waals surface area contributed by atoms with Crippen LogP contribution in [0.2, 0.25) is 0 Å². The first-order valence-electron chi connectivity index (χ1n) is 10.5. The van der Waals surface area contributed by atoms with E-state index in [1.165, 1.54) is 12.7 Å². The molecular weight excluding hydrogens is 372 g/mol. The maximum absolute atomic E-state index is 13.0. The molecule has 1 N–H and O–H groups in total. The van der Waals surface area contributed by atoms with Crippen LogP contribution in [0.1, 0.15) is 64.5 Å². The van der Waals surface area contributed by atoms with Crippen molar-refractivity contribution in [3.05, 3.63) is 35.3 Å². The molecule has 3 aliphatic rings. The van der Waals surface area contributed by atoms with Gasteiger partial charge in [0.1, 0.15) is 0 Å². The maximum atomic E-state index is 13.0. The van der Waals surface area contributed by atoms with Gasteiger partial charge < -0.3 is 23.7 Å². The van der Waals surface area contributed by atoms with Gasteiger partial charge in [0.05, 0.1) is 44.4 Å². The van der Waals surface area contributed by atoms with Crippen molar-refractivity contribution in [3.8, 4) is 0 Å². The number of carbonyl (C=O) groups excluding carboxylic acids is 1. The molecule has 1 aliphatic heterocycles. The summed E-state index contributed by atoms with van der Waals surface area (Å²) in [4.78, 5) is 13.0. The summed E-state index contributed by atoms with van der Waals surface area (Å²) in [6, 6.07) is 1.81. The van der Waals surface area contributed by atoms with Crippen molar-refractivity contribution < 1.29 is 28.5 Å². The van der Waals surface area contributed by atoms with Crippen LogP contribution in [0.5, 0.6) is 0 Å². The number of esters is 1. The number of hydrogen-bond acceptors (Lipinski definition) is 6. The van der Waals surface area contributed by atoms with Gasteiger partial charge in [-0.05, 0) is 43.6 Å². The predicted molar refractivity (Wildman–Crippen MR) is 106 cm³/mol. The molecule has 1 aromatic rings. The number of rotatable bonds is 4. The van der Waals surface area contributed by atoms with Gasteiger partial charge in [0, 0.05) is 18.4 Å². The standard InChI is InChI=1S/C23H32O6/c1-15-5-6-17-18(21(15,2)12-19(24)16-7-8-27-13-16)11-23(28-9-10-29-23)14-22(17,3)20(25)26-4/h7-8,13,15,19,24H,5-6,9-12,14H2,1-4H3/t15-,19?,21+,22+/m1/s1. The van der Waals surface area contributed by atoms with Crippen LogP contribution in [0.25, 0.3) is 0 Å². The number of ether oxygens (including phenoxy) is 3. The number of carbonyl (C=O) groups is 1. The molecule has 0 radical (unpaired) electrons. The molecule has 6 nitrogen and oxygen atoms in total. The predicted octanol–water partition coefficient (Wildman–Crippen LogP) is 4.15. The second-order valence-electron chi connectivity index (χ2n) is 9.38. The molecule has 29 heavy (non-hydrogen) atoms. The van der Waals surface area contributed by atoms with Crippen molar-refractivity contribution in [2.24, 2.45) is 16.7 Å². The Bertz CT molecular complexity index is 790. The fraction of sp³-hybridized carbons (Fsp3) is 0.696. The zero-order valence-electron chi connectivity index (χ0n) is 17.8. The molecule has 2 heterocycles. The molecule has 0 amide bonds. The highest BCUT2D eigenvalue weighted by atomic mass is 16.7. The summed E-state index contributed by atoms with van der Waals surface area (Å²) in [5.74, 6) is -0.683. The molecule has 160 valence electrons. The molecular formula is C23H32O6. The zero-order valence-corrected chi connectivity index (χ0v) is 17.8. The molecule has 2 aliphatic carbocycles. The topological polar surface area (TPSA) is 78.1 Å². The fourth-order valence-electron chi connectivity index (χ4n) is 5.80. The van der Waals surface area contributed by atoms with Crippen LogP contribution in [0.3, 0.4) is 0 Å². The van der Waals surface area contributed by atoms with Crippen LogP contribution in [0, 0.1) is 16.7 Å². The minimum atomic E-state index is -0.791. The van der Waals surface area contributed by atoms with E-state index in [-0.39, 0.29) is 11.4 Å². The highest BCUT2D eigenvalue weighted by Gasteiger charge is 2.58. The first kappa shape index (κ1) is 20.6. The van der Waals surface area contributed by atoms with Gasteiger partial charge in [-0.2, -0.15) is 0 Å². The summed E-state index contributed by atoms with van der Waals surface area (Å²) < 4.78 is 22.6. The maximum Gasteiger partial charge on any atom is 0.315 e. The first-order chi connectivity index (χ1) is 13.7. The Morgan fingerprint density at radius 2 is 2.03 bits per heavy atom. The molecule has 4 atom stereocenters. The Balaban J connectivity index is 1.79. The van der Waals surface area contributed by atoms with E-state index in [4.69, 9.17) is 18.6 Å². The number of furan rings is 1. The summed E-state index contributed by atoms with van der Waals surface area (Å²) >= 11 is 0. The van der Waals surface area contributed by atoms with Gasteiger partial charge in [-0.25, -0.2) is 0 Å². The van der Waals surface area contributed by atoms with E-state index >= 15 is 0 Å². The second-order valence-corrected chi connectivity index (χ2v) is 9.38. The van der Waals surface area contributed by atoms with E-state index in [1.807, 2.05) is 6.92 Å². The van der Waals surface area contributed by atoms with Crippen molar-refractivity contribution in [3.63, 3.8) is 0 Å². The van der Waals surface area contributed by atoms with Crippen LogP contribution < -0.4 is 0 Å². The molecule has 1 unspecified atom stereocenters. The smallest absolute Gasteiger partial charge is 0.315 e. The summed E-state index contributed by atoms with van der Waals surface area (Å²) in [5, 5.41) is 10.9. The molecule has 1 fully saturated rings. The summed E-state index contributed by atoms with van der Waals surface area (Å²) in [7, 11) is 1.44. The minimum absolute atomic E-state index is 0.240. The van der Waals surface area contributed by atoms with Crippen LogP contribution >= 0.6 is 0 Å². The SMILES string of the molecule is COC(=O)[C@@]1(C)CC2(CC3=C1CC[C@@H](C)[C@]3(C)CC(O)c1ccoc1)OCCO2. The minimum Gasteiger partial charge on any atom is -0.472 e. The van der Waals surface area contributed by atoms with E-state index in [1.54, 1.807) is 18.6 Å². The van der Waals surface area contributed by atoms with Gasteiger partial charge in [0.2, 0.25) is 0 Å². The lowest BCUT2D eigenvalue weighted by Gasteiger charge is -2.53. The highest BCUT2D eigenvalue weighted by molar-refractivity contribution is 5.81. The van der Waals surface area contributed by atoms with E-state index in [2.05, 4.69) is 13.8 Å². The van der Waals surface area contributed by atoms with Crippen molar-refractivity contribution in [1.82, 2.24) is 0 Å². The summed E-state index contributed by atoms with van der Waals surface area (Å²) in [5.41, 5.74) is 2.05. The molecule has 0 aromatic carbocycles. The molecule has 1 spiro atoms. The van der Waals surface area contributed by atoms with Gasteiger partial charge in [0.15, 0.2) is 5.79 Å². The van der Waals surface area contributed by atoms with E-state index in [0.29, 0.717) is 38.4 Å². The third-order valence-electron chi connectivity index (χ3n) is 7.70. The molecule has 0 bridgehead atoms. The second kappa shape index (κ2) is 7.25. The average Bonchev–Trinajstić information content (AvgIpc) is 3.37. The number of aliphatic hydroxyl groups excluding tert-OH is 1. The van der Waals surface area contributed by atoms with Gasteiger partial charge in [-0.3, -0.25) is 4.79 Å². The lowest BCUT2D eigenvalue weighted by molar-refractivity contribution is -0.195. The van der Waals surface area contributed by atoms with Crippen LogP contribution in [0.15, 0.2) is 34.2 Å². The molecule has 1 saturated heterocycles. The molecule has 6 heteroatoms. The normalized spacial score (nSPS) is 34.9. The van der Waals surface area contributed by atoms with Gasteiger partial charge in [-0.15, -0.1) is 0 Å². The quantitative estimate of drug-likeness (QED) is 0.600. The Hall–Kier alpha value is -1.63. The third kappa shape index (κ3) is 3.25. The van der Waals surface area contributed by atoms with Crippen LogP contribution in [-0.2, 0) is 19.0 Å². The van der Waals surface area contributed by atoms with Gasteiger partial charge in [-0.1, -0.05) is 25.0 Å². The molecule has 4 rings (SSSR count). The monoisotopic (exact) mass is 404 g/mol. The van der Waals surface area contributed by atoms with Crippen molar-refractivity contribution in [1.29, 1.82) is 0 Å². The largest absolute Gasteiger partial charge is 0.472 e. The first-order valence-corrected chi connectivity index (χ1v) is 10.5. The van der Waals surface area contributed by atoms with Crippen LogP contribution in [0.4, 0.5) is 0 Å². The summed E-state index contributed by atoms with van der Waals surface area (Å²) in [6.45, 7) is 7.47. The Labute approximate surface area is 172 Å². The van der Waals surface area contributed by atoms with Gasteiger partial charge >= 0.3 is 5.97 Å². The Kier molecular flexibility index (Phi) is 5.16. The average molecular weight is 405 g/mol.